The first kappa shape index (κ1) is 18.4. The molecule has 4 aromatic rings. The molecule has 29 heavy (non-hydrogen) atoms. The van der Waals surface area contributed by atoms with Crippen molar-refractivity contribution >= 4 is 33.5 Å². The Kier molecular flexibility index (Phi) is 4.82. The number of nitrogens with zero attached hydrogens (tertiary/aromatic N) is 2. The molecule has 0 saturated heterocycles. The van der Waals surface area contributed by atoms with Gasteiger partial charge in [0.25, 0.3) is 11.5 Å². The maximum atomic E-state index is 12.6. The van der Waals surface area contributed by atoms with E-state index in [1.807, 2.05) is 24.3 Å². The van der Waals surface area contributed by atoms with Crippen LogP contribution in [-0.4, -0.2) is 26.6 Å². The molecule has 0 aliphatic carbocycles. The van der Waals surface area contributed by atoms with Gasteiger partial charge in [0.15, 0.2) is 5.69 Å². The molecule has 0 fully saturated rings. The van der Waals surface area contributed by atoms with Gasteiger partial charge >= 0.3 is 0 Å². The van der Waals surface area contributed by atoms with E-state index in [2.05, 4.69) is 20.9 Å². The van der Waals surface area contributed by atoms with Crippen molar-refractivity contribution in [1.29, 1.82) is 0 Å². The summed E-state index contributed by atoms with van der Waals surface area (Å²) in [5.41, 5.74) is 6.40. The zero-order valence-corrected chi connectivity index (χ0v) is 15.7. The van der Waals surface area contributed by atoms with Crippen LogP contribution in [-0.2, 0) is 17.8 Å². The van der Waals surface area contributed by atoms with Crippen LogP contribution in [0, 0.1) is 0 Å². The van der Waals surface area contributed by atoms with Crippen LogP contribution in [0.4, 0.5) is 0 Å². The quantitative estimate of drug-likeness (QED) is 0.463. The van der Waals surface area contributed by atoms with Crippen LogP contribution in [0.3, 0.4) is 0 Å². The maximum absolute atomic E-state index is 12.6. The Bertz CT molecular complexity index is 1290. The standard InChI is InChI=1S/C21H19N5O3/c1-2-26-21(29)16-9-4-3-8-15(16)19(25-26)20(28)24-23-18(27)11-13-12-22-17-10-6-5-7-14(13)17/h3-10,12,22H,2,11H2,1H3,(H,23,27)(H,24,28). The van der Waals surface area contributed by atoms with Crippen molar-refractivity contribution in [3.8, 4) is 0 Å². The lowest BCUT2D eigenvalue weighted by atomic mass is 10.1. The summed E-state index contributed by atoms with van der Waals surface area (Å²) < 4.78 is 1.23. The normalized spacial score (nSPS) is 10.9. The number of rotatable bonds is 4. The first-order chi connectivity index (χ1) is 14.1. The van der Waals surface area contributed by atoms with Gasteiger partial charge in [0.05, 0.1) is 11.8 Å². The third-order valence-electron chi connectivity index (χ3n) is 4.72. The predicted molar refractivity (Wildman–Crippen MR) is 109 cm³/mol. The summed E-state index contributed by atoms with van der Waals surface area (Å²) in [6.45, 7) is 2.10. The first-order valence-electron chi connectivity index (χ1n) is 9.22. The third-order valence-corrected chi connectivity index (χ3v) is 4.72. The van der Waals surface area contributed by atoms with E-state index >= 15 is 0 Å². The van der Waals surface area contributed by atoms with E-state index in [1.54, 1.807) is 37.4 Å². The second-order valence-corrected chi connectivity index (χ2v) is 6.55. The molecule has 0 aliphatic heterocycles. The van der Waals surface area contributed by atoms with Gasteiger partial charge in [0.2, 0.25) is 5.91 Å². The van der Waals surface area contributed by atoms with E-state index in [4.69, 9.17) is 0 Å². The highest BCUT2D eigenvalue weighted by Gasteiger charge is 2.17. The Morgan fingerprint density at radius 2 is 1.69 bits per heavy atom. The van der Waals surface area contributed by atoms with Gasteiger partial charge in [0.1, 0.15) is 0 Å². The smallest absolute Gasteiger partial charge is 0.290 e. The van der Waals surface area contributed by atoms with Crippen molar-refractivity contribution in [3.05, 3.63) is 76.3 Å². The molecule has 4 rings (SSSR count). The Hall–Kier alpha value is -3.94. The summed E-state index contributed by atoms with van der Waals surface area (Å²) in [6, 6.07) is 14.4. The number of hydrogen-bond acceptors (Lipinski definition) is 4. The largest absolute Gasteiger partial charge is 0.361 e. The SMILES string of the molecule is CCn1nc(C(=O)NNC(=O)Cc2c[nH]c3ccccc23)c2ccccc2c1=O. The number of aromatic nitrogens is 3. The number of carbonyl (C=O) groups excluding carboxylic acids is 2. The van der Waals surface area contributed by atoms with Crippen molar-refractivity contribution in [2.45, 2.75) is 19.9 Å². The minimum absolute atomic E-state index is 0.0782. The first-order valence-corrected chi connectivity index (χ1v) is 9.22. The van der Waals surface area contributed by atoms with E-state index in [0.29, 0.717) is 17.3 Å². The van der Waals surface area contributed by atoms with Crippen molar-refractivity contribution in [3.63, 3.8) is 0 Å². The molecular formula is C21H19N5O3. The van der Waals surface area contributed by atoms with E-state index in [1.165, 1.54) is 4.68 Å². The average molecular weight is 389 g/mol. The van der Waals surface area contributed by atoms with Crippen LogP contribution in [0.1, 0.15) is 23.0 Å². The molecule has 8 nitrogen and oxygen atoms in total. The van der Waals surface area contributed by atoms with Crippen molar-refractivity contribution in [2.24, 2.45) is 0 Å². The minimum Gasteiger partial charge on any atom is -0.361 e. The van der Waals surface area contributed by atoms with Gasteiger partial charge in [-0.3, -0.25) is 25.2 Å². The van der Waals surface area contributed by atoms with E-state index < -0.39 is 5.91 Å². The Labute approximate surface area is 165 Å². The highest BCUT2D eigenvalue weighted by atomic mass is 16.2. The highest BCUT2D eigenvalue weighted by Crippen LogP contribution is 2.18. The average Bonchev–Trinajstić information content (AvgIpc) is 3.15. The van der Waals surface area contributed by atoms with Crippen LogP contribution in [0.2, 0.25) is 0 Å². The van der Waals surface area contributed by atoms with Crippen LogP contribution in [0.5, 0.6) is 0 Å². The summed E-state index contributed by atoms with van der Waals surface area (Å²) in [5, 5.41) is 5.94. The molecule has 0 unspecified atom stereocenters. The fraction of sp³-hybridized carbons (Fsp3) is 0.143. The van der Waals surface area contributed by atoms with E-state index in [9.17, 15) is 14.4 Å². The maximum Gasteiger partial charge on any atom is 0.290 e. The summed E-state index contributed by atoms with van der Waals surface area (Å²) >= 11 is 0. The molecule has 146 valence electrons. The molecular weight excluding hydrogens is 370 g/mol. The van der Waals surface area contributed by atoms with Gasteiger partial charge in [-0.2, -0.15) is 5.10 Å². The second kappa shape index (κ2) is 7.59. The molecule has 0 atom stereocenters. The lowest BCUT2D eigenvalue weighted by Gasteiger charge is -2.11. The number of nitrogens with one attached hydrogen (secondary N) is 3. The van der Waals surface area contributed by atoms with Crippen LogP contribution >= 0.6 is 0 Å². The number of aryl methyl sites for hydroxylation is 1. The summed E-state index contributed by atoms with van der Waals surface area (Å²) in [4.78, 5) is 40.5. The second-order valence-electron chi connectivity index (χ2n) is 6.55. The Morgan fingerprint density at radius 3 is 2.45 bits per heavy atom. The molecule has 0 saturated carbocycles. The zero-order chi connectivity index (χ0) is 20.4. The molecule has 8 heteroatoms. The molecule has 0 spiro atoms. The number of benzene rings is 2. The number of H-pyrrole nitrogens is 1. The molecule has 0 bridgehead atoms. The number of carbonyl (C=O) groups is 2. The van der Waals surface area contributed by atoms with E-state index in [0.717, 1.165) is 16.5 Å². The topological polar surface area (TPSA) is 109 Å². The van der Waals surface area contributed by atoms with Crippen molar-refractivity contribution in [2.75, 3.05) is 0 Å². The van der Waals surface area contributed by atoms with Crippen molar-refractivity contribution in [1.82, 2.24) is 25.6 Å². The molecule has 2 amide bonds. The highest BCUT2D eigenvalue weighted by molar-refractivity contribution is 6.05. The predicted octanol–water partition coefficient (Wildman–Crippen LogP) is 1.90. The molecule has 2 aromatic heterocycles. The van der Waals surface area contributed by atoms with Gasteiger partial charge in [-0.15, -0.1) is 0 Å². The van der Waals surface area contributed by atoms with Crippen LogP contribution in [0.25, 0.3) is 21.7 Å². The fourth-order valence-corrected chi connectivity index (χ4v) is 3.30. The van der Waals surface area contributed by atoms with E-state index in [-0.39, 0.29) is 23.6 Å². The van der Waals surface area contributed by atoms with Crippen molar-refractivity contribution < 1.29 is 9.59 Å². The monoisotopic (exact) mass is 389 g/mol. The Balaban J connectivity index is 1.52. The molecule has 2 aromatic carbocycles. The van der Waals surface area contributed by atoms with Gasteiger partial charge in [-0.05, 0) is 24.6 Å². The zero-order valence-electron chi connectivity index (χ0n) is 15.7. The minimum atomic E-state index is -0.587. The van der Waals surface area contributed by atoms with Crippen LogP contribution < -0.4 is 16.4 Å². The number of hydrogen-bond donors (Lipinski definition) is 3. The van der Waals surface area contributed by atoms with Gasteiger partial charge in [-0.1, -0.05) is 36.4 Å². The number of fused-ring (bicyclic) bond motifs is 2. The van der Waals surface area contributed by atoms with Gasteiger partial charge < -0.3 is 4.98 Å². The lowest BCUT2D eigenvalue weighted by Crippen LogP contribution is -2.43. The molecule has 0 radical (unpaired) electrons. The number of aromatic amines is 1. The van der Waals surface area contributed by atoms with Crippen LogP contribution in [0.15, 0.2) is 59.5 Å². The summed E-state index contributed by atoms with van der Waals surface area (Å²) in [7, 11) is 0. The molecule has 3 N–H and O–H groups in total. The lowest BCUT2D eigenvalue weighted by molar-refractivity contribution is -0.121. The number of para-hydroxylation sites is 1. The summed E-state index contributed by atoms with van der Waals surface area (Å²) in [6.07, 6.45) is 1.88. The molecule has 2 heterocycles. The van der Waals surface area contributed by atoms with Gasteiger partial charge in [0, 0.05) is 29.0 Å². The number of hydrazine groups is 1. The fourth-order valence-electron chi connectivity index (χ4n) is 3.30. The molecule has 0 aliphatic rings. The summed E-state index contributed by atoms with van der Waals surface area (Å²) in [5.74, 6) is -0.952. The van der Waals surface area contributed by atoms with Gasteiger partial charge in [-0.25, -0.2) is 4.68 Å². The Morgan fingerprint density at radius 1 is 1.00 bits per heavy atom. The third kappa shape index (κ3) is 3.47. The number of amides is 2.